The van der Waals surface area contributed by atoms with Gasteiger partial charge in [-0.2, -0.15) is 0 Å². The van der Waals surface area contributed by atoms with Crippen LogP contribution in [-0.2, 0) is 0 Å². The van der Waals surface area contributed by atoms with Gasteiger partial charge >= 0.3 is 0 Å². The van der Waals surface area contributed by atoms with Crippen molar-refractivity contribution in [2.45, 2.75) is 51.5 Å². The predicted octanol–water partition coefficient (Wildman–Crippen LogP) is 4.43. The number of benzene rings is 1. The van der Waals surface area contributed by atoms with Crippen molar-refractivity contribution in [1.82, 2.24) is 4.90 Å². The molecule has 1 amide bonds. The van der Waals surface area contributed by atoms with Crippen molar-refractivity contribution in [2.24, 2.45) is 0 Å². The van der Waals surface area contributed by atoms with Crippen LogP contribution >= 0.6 is 11.6 Å². The molecule has 0 heterocycles. The van der Waals surface area contributed by atoms with Gasteiger partial charge in [-0.05, 0) is 49.3 Å². The summed E-state index contributed by atoms with van der Waals surface area (Å²) in [6.45, 7) is 5.11. The first-order chi connectivity index (χ1) is 9.63. The van der Waals surface area contributed by atoms with E-state index in [9.17, 15) is 4.79 Å². The van der Waals surface area contributed by atoms with E-state index in [0.29, 0.717) is 17.8 Å². The Morgan fingerprint density at radius 1 is 1.30 bits per heavy atom. The lowest BCUT2D eigenvalue weighted by atomic mass is 9.90. The number of carbonyl (C=O) groups excluding carboxylic acids is 1. The Kier molecular flexibility index (Phi) is 5.47. The van der Waals surface area contributed by atoms with Crippen molar-refractivity contribution in [2.75, 3.05) is 12.4 Å². The van der Waals surface area contributed by atoms with Crippen LogP contribution in [0.15, 0.2) is 24.3 Å². The molecule has 110 valence electrons. The third kappa shape index (κ3) is 3.54. The first kappa shape index (κ1) is 15.4. The number of alkyl halides is 1. The highest BCUT2D eigenvalue weighted by Crippen LogP contribution is 2.27. The lowest BCUT2D eigenvalue weighted by Gasteiger charge is -2.37. The quantitative estimate of drug-likeness (QED) is 0.710. The average molecular weight is 294 g/mol. The molecule has 1 saturated carbocycles. The minimum atomic E-state index is 0.162. The van der Waals surface area contributed by atoms with Crippen LogP contribution in [0.1, 0.15) is 61.4 Å². The molecule has 2 rings (SSSR count). The average Bonchev–Trinajstić information content (AvgIpc) is 2.40. The maximum atomic E-state index is 12.6. The van der Waals surface area contributed by atoms with Gasteiger partial charge in [0.2, 0.25) is 0 Å². The SMILES string of the molecule is CC(C)c1ccc(C(=O)N(CCCCl)C2CCC2)cc1. The second-order valence-corrected chi connectivity index (χ2v) is 6.28. The number of nitrogens with zero attached hydrogens (tertiary/aromatic N) is 1. The van der Waals surface area contributed by atoms with Gasteiger partial charge in [0.1, 0.15) is 0 Å². The van der Waals surface area contributed by atoms with Crippen LogP contribution in [0.4, 0.5) is 0 Å². The normalized spacial score (nSPS) is 15.2. The summed E-state index contributed by atoms with van der Waals surface area (Å²) in [5.74, 6) is 1.27. The van der Waals surface area contributed by atoms with Crippen LogP contribution in [0.2, 0.25) is 0 Å². The van der Waals surface area contributed by atoms with Gasteiger partial charge in [0.25, 0.3) is 5.91 Å². The van der Waals surface area contributed by atoms with Crippen molar-refractivity contribution in [3.63, 3.8) is 0 Å². The van der Waals surface area contributed by atoms with Crippen LogP contribution < -0.4 is 0 Å². The molecule has 0 radical (unpaired) electrons. The van der Waals surface area contributed by atoms with Gasteiger partial charge in [-0.15, -0.1) is 11.6 Å². The fourth-order valence-corrected chi connectivity index (χ4v) is 2.67. The van der Waals surface area contributed by atoms with E-state index in [1.807, 2.05) is 17.0 Å². The Hall–Kier alpha value is -1.02. The highest BCUT2D eigenvalue weighted by atomic mass is 35.5. The zero-order valence-electron chi connectivity index (χ0n) is 12.4. The summed E-state index contributed by atoms with van der Waals surface area (Å²) in [6.07, 6.45) is 4.38. The molecule has 0 N–H and O–H groups in total. The molecule has 1 aromatic rings. The Bertz CT molecular complexity index is 437. The highest BCUT2D eigenvalue weighted by Gasteiger charge is 2.28. The Morgan fingerprint density at radius 3 is 2.40 bits per heavy atom. The predicted molar refractivity (Wildman–Crippen MR) is 84.5 cm³/mol. The second-order valence-electron chi connectivity index (χ2n) is 5.90. The van der Waals surface area contributed by atoms with E-state index in [4.69, 9.17) is 11.6 Å². The van der Waals surface area contributed by atoms with Crippen molar-refractivity contribution in [1.29, 1.82) is 0 Å². The largest absolute Gasteiger partial charge is 0.336 e. The zero-order chi connectivity index (χ0) is 14.5. The summed E-state index contributed by atoms with van der Waals surface area (Å²) in [5, 5.41) is 0. The van der Waals surface area contributed by atoms with E-state index in [2.05, 4.69) is 26.0 Å². The van der Waals surface area contributed by atoms with Crippen LogP contribution in [0.5, 0.6) is 0 Å². The highest BCUT2D eigenvalue weighted by molar-refractivity contribution is 6.17. The minimum absolute atomic E-state index is 0.162. The Balaban J connectivity index is 2.09. The smallest absolute Gasteiger partial charge is 0.254 e. The van der Waals surface area contributed by atoms with Gasteiger partial charge in [-0.1, -0.05) is 26.0 Å². The molecular formula is C17H24ClNO. The molecule has 1 fully saturated rings. The number of rotatable bonds is 6. The number of halogens is 1. The summed E-state index contributed by atoms with van der Waals surface area (Å²) in [5.41, 5.74) is 2.08. The van der Waals surface area contributed by atoms with Crippen molar-refractivity contribution in [3.05, 3.63) is 35.4 Å². The molecule has 20 heavy (non-hydrogen) atoms. The van der Waals surface area contributed by atoms with Crippen LogP contribution in [-0.4, -0.2) is 29.3 Å². The zero-order valence-corrected chi connectivity index (χ0v) is 13.2. The van der Waals surface area contributed by atoms with E-state index in [1.165, 1.54) is 12.0 Å². The topological polar surface area (TPSA) is 20.3 Å². The van der Waals surface area contributed by atoms with E-state index >= 15 is 0 Å². The van der Waals surface area contributed by atoms with E-state index in [-0.39, 0.29) is 5.91 Å². The van der Waals surface area contributed by atoms with Gasteiger partial charge in [0, 0.05) is 24.0 Å². The third-order valence-corrected chi connectivity index (χ3v) is 4.40. The summed E-state index contributed by atoms with van der Waals surface area (Å²) in [7, 11) is 0. The van der Waals surface area contributed by atoms with Crippen LogP contribution in [0.3, 0.4) is 0 Å². The molecular weight excluding hydrogens is 270 g/mol. The first-order valence-electron chi connectivity index (χ1n) is 7.60. The Labute approximate surface area is 127 Å². The van der Waals surface area contributed by atoms with Crippen molar-refractivity contribution in [3.8, 4) is 0 Å². The maximum Gasteiger partial charge on any atom is 0.254 e. The number of hydrogen-bond donors (Lipinski definition) is 0. The Morgan fingerprint density at radius 2 is 1.95 bits per heavy atom. The molecule has 0 unspecified atom stereocenters. The lowest BCUT2D eigenvalue weighted by molar-refractivity contribution is 0.0581. The number of hydrogen-bond acceptors (Lipinski definition) is 1. The molecule has 0 aromatic heterocycles. The molecule has 1 aliphatic carbocycles. The van der Waals surface area contributed by atoms with Crippen molar-refractivity contribution >= 4 is 17.5 Å². The standard InChI is InChI=1S/C17H24ClNO/c1-13(2)14-7-9-15(10-8-14)17(20)19(12-4-11-18)16-5-3-6-16/h7-10,13,16H,3-6,11-12H2,1-2H3. The number of amides is 1. The second kappa shape index (κ2) is 7.12. The molecule has 2 nitrogen and oxygen atoms in total. The van der Waals surface area contributed by atoms with Gasteiger partial charge in [0.15, 0.2) is 0 Å². The van der Waals surface area contributed by atoms with Crippen LogP contribution in [0.25, 0.3) is 0 Å². The first-order valence-corrected chi connectivity index (χ1v) is 8.14. The summed E-state index contributed by atoms with van der Waals surface area (Å²) < 4.78 is 0. The third-order valence-electron chi connectivity index (χ3n) is 4.13. The molecule has 0 atom stereocenters. The van der Waals surface area contributed by atoms with Crippen molar-refractivity contribution < 1.29 is 4.79 Å². The summed E-state index contributed by atoms with van der Waals surface area (Å²) in [4.78, 5) is 14.7. The molecule has 0 aliphatic heterocycles. The fourth-order valence-electron chi connectivity index (χ4n) is 2.55. The molecule has 0 saturated heterocycles. The number of carbonyl (C=O) groups is 1. The summed E-state index contributed by atoms with van der Waals surface area (Å²) in [6, 6.07) is 8.49. The molecule has 3 heteroatoms. The summed E-state index contributed by atoms with van der Waals surface area (Å²) >= 11 is 5.78. The van der Waals surface area contributed by atoms with E-state index in [1.54, 1.807) is 0 Å². The van der Waals surface area contributed by atoms with Gasteiger partial charge in [-0.3, -0.25) is 4.79 Å². The lowest BCUT2D eigenvalue weighted by Crippen LogP contribution is -2.44. The van der Waals surface area contributed by atoms with Gasteiger partial charge in [-0.25, -0.2) is 0 Å². The van der Waals surface area contributed by atoms with Gasteiger partial charge < -0.3 is 4.90 Å². The molecule has 0 spiro atoms. The maximum absolute atomic E-state index is 12.6. The molecule has 1 aliphatic rings. The minimum Gasteiger partial charge on any atom is -0.336 e. The molecule has 0 bridgehead atoms. The van der Waals surface area contributed by atoms with E-state index in [0.717, 1.165) is 31.4 Å². The monoisotopic (exact) mass is 293 g/mol. The van der Waals surface area contributed by atoms with E-state index < -0.39 is 0 Å². The van der Waals surface area contributed by atoms with Crippen LogP contribution in [0, 0.1) is 0 Å². The molecule has 1 aromatic carbocycles. The fraction of sp³-hybridized carbons (Fsp3) is 0.588. The van der Waals surface area contributed by atoms with Gasteiger partial charge in [0.05, 0.1) is 0 Å².